The first-order valence-corrected chi connectivity index (χ1v) is 17.0. The molecule has 49 heavy (non-hydrogen) atoms. The number of hydrogen-bond acceptors (Lipinski definition) is 9. The van der Waals surface area contributed by atoms with Crippen molar-refractivity contribution in [2.75, 3.05) is 19.8 Å². The van der Waals surface area contributed by atoms with Crippen molar-refractivity contribution >= 4 is 40.1 Å². The zero-order chi connectivity index (χ0) is 34.5. The lowest BCUT2D eigenvalue weighted by Crippen LogP contribution is -2.39. The molecule has 0 radical (unpaired) electrons. The largest absolute Gasteiger partial charge is 0.494 e. The van der Waals surface area contributed by atoms with Crippen LogP contribution in [0.1, 0.15) is 60.8 Å². The Balaban J connectivity index is 1.44. The van der Waals surface area contributed by atoms with Crippen LogP contribution >= 0.6 is 11.3 Å². The standard InChI is InChI=1S/C39H36N2O7S/c1-5-45-29-19-16-27(17-20-29)35-34(38(44)47-7-3)24(4)40-39-41(35)36(42)33(49-39)22-31-30-11-9-8-10-26(30)18-21-32(31)48-23-25-12-14-28(15-13-25)37(43)46-6-2/h8-22,35H,5-7,23H2,1-4H3/b33-22-/t35-/m1/s1. The Labute approximate surface area is 287 Å². The van der Waals surface area contributed by atoms with Crippen LogP contribution in [0.2, 0.25) is 0 Å². The monoisotopic (exact) mass is 676 g/mol. The summed E-state index contributed by atoms with van der Waals surface area (Å²) >= 11 is 1.26. The van der Waals surface area contributed by atoms with Gasteiger partial charge in [-0.2, -0.15) is 0 Å². The predicted octanol–water partition coefficient (Wildman–Crippen LogP) is 6.11. The number of ether oxygens (including phenoxy) is 4. The van der Waals surface area contributed by atoms with Crippen LogP contribution in [0.5, 0.6) is 11.5 Å². The zero-order valence-electron chi connectivity index (χ0n) is 27.7. The maximum atomic E-state index is 14.4. The number of thiazole rings is 1. The van der Waals surface area contributed by atoms with Crippen molar-refractivity contribution in [3.8, 4) is 11.5 Å². The predicted molar refractivity (Wildman–Crippen MR) is 189 cm³/mol. The molecule has 10 heteroatoms. The molecule has 0 fully saturated rings. The highest BCUT2D eigenvalue weighted by Gasteiger charge is 2.33. The van der Waals surface area contributed by atoms with Crippen LogP contribution in [0.3, 0.4) is 0 Å². The van der Waals surface area contributed by atoms with Crippen molar-refractivity contribution in [3.05, 3.63) is 138 Å². The summed E-state index contributed by atoms with van der Waals surface area (Å²) < 4.78 is 24.5. The zero-order valence-corrected chi connectivity index (χ0v) is 28.5. The summed E-state index contributed by atoms with van der Waals surface area (Å²) in [4.78, 5) is 45.0. The number of carbonyl (C=O) groups is 2. The van der Waals surface area contributed by atoms with Crippen molar-refractivity contribution in [2.45, 2.75) is 40.3 Å². The van der Waals surface area contributed by atoms with E-state index < -0.39 is 12.0 Å². The van der Waals surface area contributed by atoms with E-state index >= 15 is 0 Å². The second-order valence-corrected chi connectivity index (χ2v) is 12.2. The van der Waals surface area contributed by atoms with Crippen LogP contribution in [-0.4, -0.2) is 36.3 Å². The highest BCUT2D eigenvalue weighted by molar-refractivity contribution is 7.07. The topological polar surface area (TPSA) is 105 Å². The van der Waals surface area contributed by atoms with Gasteiger partial charge in [-0.05, 0) is 86.0 Å². The van der Waals surface area contributed by atoms with Gasteiger partial charge in [-0.25, -0.2) is 14.6 Å². The van der Waals surface area contributed by atoms with Gasteiger partial charge < -0.3 is 18.9 Å². The molecule has 4 aromatic carbocycles. The number of rotatable bonds is 11. The second-order valence-electron chi connectivity index (χ2n) is 11.2. The van der Waals surface area contributed by atoms with Crippen LogP contribution < -0.4 is 24.4 Å². The molecular weight excluding hydrogens is 641 g/mol. The Morgan fingerprint density at radius 3 is 2.27 bits per heavy atom. The van der Waals surface area contributed by atoms with Crippen molar-refractivity contribution in [2.24, 2.45) is 4.99 Å². The Morgan fingerprint density at radius 2 is 1.55 bits per heavy atom. The Bertz CT molecular complexity index is 2230. The van der Waals surface area contributed by atoms with Gasteiger partial charge in [0.05, 0.1) is 47.2 Å². The Morgan fingerprint density at radius 1 is 0.837 bits per heavy atom. The third-order valence-electron chi connectivity index (χ3n) is 8.09. The minimum Gasteiger partial charge on any atom is -0.494 e. The van der Waals surface area contributed by atoms with Gasteiger partial charge in [-0.1, -0.05) is 65.9 Å². The van der Waals surface area contributed by atoms with E-state index in [0.717, 1.165) is 27.5 Å². The van der Waals surface area contributed by atoms with Gasteiger partial charge >= 0.3 is 11.9 Å². The number of benzene rings is 4. The number of esters is 2. The number of hydrogen-bond donors (Lipinski definition) is 0. The molecule has 6 rings (SSSR count). The number of nitrogens with zero attached hydrogens (tertiary/aromatic N) is 2. The lowest BCUT2D eigenvalue weighted by Gasteiger charge is -2.24. The van der Waals surface area contributed by atoms with Gasteiger partial charge in [0.15, 0.2) is 4.80 Å². The lowest BCUT2D eigenvalue weighted by molar-refractivity contribution is -0.139. The molecule has 0 saturated heterocycles. The molecule has 9 nitrogen and oxygen atoms in total. The second kappa shape index (κ2) is 14.7. The smallest absolute Gasteiger partial charge is 0.338 e. The molecular formula is C39H36N2O7S. The van der Waals surface area contributed by atoms with Gasteiger partial charge in [0.1, 0.15) is 18.1 Å². The quantitative estimate of drug-likeness (QED) is 0.156. The molecule has 1 aliphatic heterocycles. The molecule has 2 heterocycles. The summed E-state index contributed by atoms with van der Waals surface area (Å²) in [5.74, 6) is 0.389. The maximum absolute atomic E-state index is 14.4. The molecule has 250 valence electrons. The molecule has 1 atom stereocenters. The molecule has 5 aromatic rings. The normalized spacial score (nSPS) is 14.3. The van der Waals surface area contributed by atoms with Crippen molar-refractivity contribution in [3.63, 3.8) is 0 Å². The molecule has 0 saturated carbocycles. The third-order valence-corrected chi connectivity index (χ3v) is 9.07. The van der Waals surface area contributed by atoms with E-state index in [1.165, 1.54) is 11.3 Å². The first-order valence-electron chi connectivity index (χ1n) is 16.2. The molecule has 0 amide bonds. The van der Waals surface area contributed by atoms with Crippen LogP contribution in [-0.2, 0) is 20.9 Å². The summed E-state index contributed by atoms with van der Waals surface area (Å²) in [6.45, 7) is 8.45. The highest BCUT2D eigenvalue weighted by Crippen LogP contribution is 2.33. The first-order chi connectivity index (χ1) is 23.8. The Kier molecular flexibility index (Phi) is 10.1. The molecule has 0 N–H and O–H groups in total. The summed E-state index contributed by atoms with van der Waals surface area (Å²) in [7, 11) is 0. The minimum absolute atomic E-state index is 0.190. The van der Waals surface area contributed by atoms with E-state index in [0.29, 0.717) is 50.9 Å². The lowest BCUT2D eigenvalue weighted by atomic mass is 9.96. The van der Waals surface area contributed by atoms with E-state index in [1.807, 2.05) is 85.8 Å². The minimum atomic E-state index is -0.742. The van der Waals surface area contributed by atoms with Gasteiger partial charge in [0, 0.05) is 5.56 Å². The molecule has 0 spiro atoms. The van der Waals surface area contributed by atoms with Gasteiger partial charge in [-0.3, -0.25) is 9.36 Å². The van der Waals surface area contributed by atoms with Crippen molar-refractivity contribution in [1.82, 2.24) is 4.57 Å². The van der Waals surface area contributed by atoms with Crippen LogP contribution in [0.25, 0.3) is 16.8 Å². The molecule has 0 bridgehead atoms. The molecule has 1 aliphatic rings. The fourth-order valence-electron chi connectivity index (χ4n) is 5.81. The number of fused-ring (bicyclic) bond motifs is 2. The average molecular weight is 677 g/mol. The summed E-state index contributed by atoms with van der Waals surface area (Å²) in [6, 6.07) is 25.5. The van der Waals surface area contributed by atoms with E-state index in [4.69, 9.17) is 23.9 Å². The molecule has 0 unspecified atom stereocenters. The van der Waals surface area contributed by atoms with Crippen LogP contribution in [0.4, 0.5) is 0 Å². The number of carbonyl (C=O) groups excluding carboxylic acids is 2. The summed E-state index contributed by atoms with van der Waals surface area (Å²) in [5, 5.41) is 1.90. The van der Waals surface area contributed by atoms with E-state index in [-0.39, 0.29) is 24.7 Å². The highest BCUT2D eigenvalue weighted by atomic mass is 32.1. The molecule has 1 aromatic heterocycles. The van der Waals surface area contributed by atoms with Gasteiger partial charge in [0.2, 0.25) is 0 Å². The van der Waals surface area contributed by atoms with Crippen LogP contribution in [0, 0.1) is 0 Å². The fraction of sp³-hybridized carbons (Fsp3) is 0.231. The Hall–Kier alpha value is -5.48. The number of allylic oxidation sites excluding steroid dienone is 1. The van der Waals surface area contributed by atoms with Crippen molar-refractivity contribution < 1.29 is 28.5 Å². The van der Waals surface area contributed by atoms with Gasteiger partial charge in [-0.15, -0.1) is 0 Å². The van der Waals surface area contributed by atoms with Gasteiger partial charge in [0.25, 0.3) is 5.56 Å². The van der Waals surface area contributed by atoms with E-state index in [9.17, 15) is 14.4 Å². The van der Waals surface area contributed by atoms with Crippen molar-refractivity contribution in [1.29, 1.82) is 0 Å². The summed E-state index contributed by atoms with van der Waals surface area (Å²) in [6.07, 6.45) is 1.84. The average Bonchev–Trinajstić information content (AvgIpc) is 3.41. The first kappa shape index (κ1) is 33.4. The molecule has 0 aliphatic carbocycles. The third kappa shape index (κ3) is 6.91. The fourth-order valence-corrected chi connectivity index (χ4v) is 6.84. The van der Waals surface area contributed by atoms with E-state index in [2.05, 4.69) is 0 Å². The number of aromatic nitrogens is 1. The SMILES string of the molecule is CCOC(=O)C1=C(C)N=c2s/c(=C\c3c(OCc4ccc(C(=O)OCC)cc4)ccc4ccccc34)c(=O)n2[C@@H]1c1ccc(OCC)cc1. The maximum Gasteiger partial charge on any atom is 0.338 e. The van der Waals surface area contributed by atoms with E-state index in [1.54, 1.807) is 37.5 Å². The van der Waals surface area contributed by atoms with Crippen LogP contribution in [0.15, 0.2) is 106 Å². The summed E-state index contributed by atoms with van der Waals surface area (Å²) in [5.41, 5.74) is 3.33.